The van der Waals surface area contributed by atoms with Crippen molar-refractivity contribution in [2.75, 3.05) is 43.8 Å². The number of rotatable bonds is 7. The van der Waals surface area contributed by atoms with E-state index in [1.165, 1.54) is 25.9 Å². The third-order valence-corrected chi connectivity index (χ3v) is 3.36. The van der Waals surface area contributed by atoms with Crippen LogP contribution in [0, 0.1) is 0 Å². The minimum atomic E-state index is 0.733. The van der Waals surface area contributed by atoms with Crippen LogP contribution in [-0.2, 0) is 0 Å². The molecule has 1 fully saturated rings. The first-order chi connectivity index (χ1) is 9.28. The van der Waals surface area contributed by atoms with E-state index in [9.17, 15) is 0 Å². The minimum Gasteiger partial charge on any atom is -0.493 e. The molecule has 4 nitrogen and oxygen atoms in total. The highest BCUT2D eigenvalue weighted by Gasteiger charge is 2.10. The quantitative estimate of drug-likeness (QED) is 0.742. The number of benzene rings is 1. The van der Waals surface area contributed by atoms with Crippen LogP contribution >= 0.6 is 0 Å². The van der Waals surface area contributed by atoms with Crippen LogP contribution in [0.1, 0.15) is 26.2 Å². The molecule has 0 aliphatic carbocycles. The van der Waals surface area contributed by atoms with Crippen molar-refractivity contribution >= 4 is 11.4 Å². The molecule has 3 N–H and O–H groups in total. The van der Waals surface area contributed by atoms with Gasteiger partial charge in [0, 0.05) is 36.6 Å². The van der Waals surface area contributed by atoms with E-state index in [1.54, 1.807) is 0 Å². The van der Waals surface area contributed by atoms with Gasteiger partial charge in [0.1, 0.15) is 5.75 Å². The number of nitrogens with zero attached hydrogens (tertiary/aromatic N) is 1. The molecule has 1 aliphatic heterocycles. The second kappa shape index (κ2) is 7.24. The molecule has 1 heterocycles. The van der Waals surface area contributed by atoms with Crippen molar-refractivity contribution in [2.45, 2.75) is 26.2 Å². The lowest BCUT2D eigenvalue weighted by Crippen LogP contribution is -2.25. The van der Waals surface area contributed by atoms with Gasteiger partial charge in [-0.05, 0) is 38.4 Å². The van der Waals surface area contributed by atoms with E-state index in [-0.39, 0.29) is 0 Å². The maximum Gasteiger partial charge on any atom is 0.123 e. The zero-order chi connectivity index (χ0) is 13.5. The van der Waals surface area contributed by atoms with E-state index in [0.29, 0.717) is 0 Å². The second-order valence-electron chi connectivity index (χ2n) is 5.11. The van der Waals surface area contributed by atoms with Crippen molar-refractivity contribution in [3.63, 3.8) is 0 Å². The molecule has 0 bridgehead atoms. The predicted octanol–water partition coefficient (Wildman–Crippen LogP) is 2.57. The van der Waals surface area contributed by atoms with Crippen LogP contribution < -0.4 is 15.8 Å². The molecule has 19 heavy (non-hydrogen) atoms. The Morgan fingerprint density at radius 2 is 2.05 bits per heavy atom. The van der Waals surface area contributed by atoms with Crippen molar-refractivity contribution < 1.29 is 4.74 Å². The lowest BCUT2D eigenvalue weighted by atomic mass is 10.2. The summed E-state index contributed by atoms with van der Waals surface area (Å²) in [4.78, 5) is 2.49. The summed E-state index contributed by atoms with van der Waals surface area (Å²) in [5.41, 5.74) is 7.69. The van der Waals surface area contributed by atoms with Gasteiger partial charge in [-0.25, -0.2) is 0 Å². The van der Waals surface area contributed by atoms with Crippen LogP contribution in [0.15, 0.2) is 18.2 Å². The van der Waals surface area contributed by atoms with Crippen LogP contribution in [0.5, 0.6) is 5.75 Å². The van der Waals surface area contributed by atoms with Gasteiger partial charge >= 0.3 is 0 Å². The van der Waals surface area contributed by atoms with Gasteiger partial charge in [-0.1, -0.05) is 6.92 Å². The fraction of sp³-hybridized carbons (Fsp3) is 0.600. The van der Waals surface area contributed by atoms with E-state index in [4.69, 9.17) is 10.5 Å². The number of anilines is 2. The summed E-state index contributed by atoms with van der Waals surface area (Å²) in [5.74, 6) is 0.852. The van der Waals surface area contributed by atoms with Gasteiger partial charge in [0.15, 0.2) is 0 Å². The molecule has 106 valence electrons. The fourth-order valence-electron chi connectivity index (χ4n) is 2.39. The van der Waals surface area contributed by atoms with Crippen molar-refractivity contribution in [3.8, 4) is 5.75 Å². The topological polar surface area (TPSA) is 50.5 Å². The zero-order valence-corrected chi connectivity index (χ0v) is 11.8. The zero-order valence-electron chi connectivity index (χ0n) is 11.8. The van der Waals surface area contributed by atoms with Gasteiger partial charge in [0.2, 0.25) is 0 Å². The summed E-state index contributed by atoms with van der Waals surface area (Å²) in [6.45, 7) is 7.36. The van der Waals surface area contributed by atoms with Gasteiger partial charge < -0.3 is 20.7 Å². The van der Waals surface area contributed by atoms with Crippen molar-refractivity contribution in [1.82, 2.24) is 4.90 Å². The highest BCUT2D eigenvalue weighted by molar-refractivity contribution is 5.59. The SMILES string of the molecule is CCCOc1cc(N)cc(NCCN2CCCC2)c1. The molecule has 0 aromatic heterocycles. The Morgan fingerprint density at radius 1 is 1.26 bits per heavy atom. The number of ether oxygens (including phenoxy) is 1. The summed E-state index contributed by atoms with van der Waals surface area (Å²) in [7, 11) is 0. The molecule has 4 heteroatoms. The van der Waals surface area contributed by atoms with E-state index < -0.39 is 0 Å². The molecular weight excluding hydrogens is 238 g/mol. The minimum absolute atomic E-state index is 0.733. The molecule has 0 unspecified atom stereocenters. The fourth-order valence-corrected chi connectivity index (χ4v) is 2.39. The third kappa shape index (κ3) is 4.63. The number of nitrogen functional groups attached to an aromatic ring is 1. The monoisotopic (exact) mass is 263 g/mol. The van der Waals surface area contributed by atoms with Gasteiger partial charge in [-0.3, -0.25) is 0 Å². The van der Waals surface area contributed by atoms with Crippen molar-refractivity contribution in [2.24, 2.45) is 0 Å². The Balaban J connectivity index is 1.82. The summed E-state index contributed by atoms with van der Waals surface area (Å²) >= 11 is 0. The van der Waals surface area contributed by atoms with Gasteiger partial charge in [-0.15, -0.1) is 0 Å². The molecule has 1 aromatic carbocycles. The van der Waals surface area contributed by atoms with Crippen LogP contribution in [0.4, 0.5) is 11.4 Å². The summed E-state index contributed by atoms with van der Waals surface area (Å²) in [6.07, 6.45) is 3.69. The standard InChI is InChI=1S/C15H25N3O/c1-2-9-19-15-11-13(16)10-14(12-15)17-5-8-18-6-3-4-7-18/h10-12,17H,2-9,16H2,1H3. The maximum atomic E-state index is 5.89. The Morgan fingerprint density at radius 3 is 2.79 bits per heavy atom. The number of hydrogen-bond acceptors (Lipinski definition) is 4. The molecule has 0 spiro atoms. The van der Waals surface area contributed by atoms with E-state index in [1.807, 2.05) is 18.2 Å². The van der Waals surface area contributed by atoms with Crippen molar-refractivity contribution in [3.05, 3.63) is 18.2 Å². The molecule has 0 saturated carbocycles. The Kier molecular flexibility index (Phi) is 5.33. The largest absolute Gasteiger partial charge is 0.493 e. The second-order valence-corrected chi connectivity index (χ2v) is 5.11. The van der Waals surface area contributed by atoms with Crippen LogP contribution in [0.3, 0.4) is 0 Å². The lowest BCUT2D eigenvalue weighted by Gasteiger charge is -2.16. The van der Waals surface area contributed by atoms with E-state index in [0.717, 1.165) is 43.2 Å². The number of hydrogen-bond donors (Lipinski definition) is 2. The van der Waals surface area contributed by atoms with Gasteiger partial charge in [0.05, 0.1) is 6.61 Å². The first-order valence-corrected chi connectivity index (χ1v) is 7.27. The molecule has 0 atom stereocenters. The smallest absolute Gasteiger partial charge is 0.123 e. The Labute approximate surface area is 115 Å². The number of nitrogens with one attached hydrogen (secondary N) is 1. The molecular formula is C15H25N3O. The highest BCUT2D eigenvalue weighted by Crippen LogP contribution is 2.22. The Hall–Kier alpha value is -1.42. The number of likely N-dealkylation sites (tertiary alicyclic amines) is 1. The van der Waals surface area contributed by atoms with Crippen molar-refractivity contribution in [1.29, 1.82) is 0 Å². The normalized spacial score (nSPS) is 15.6. The highest BCUT2D eigenvalue weighted by atomic mass is 16.5. The number of nitrogens with two attached hydrogens (primary N) is 1. The van der Waals surface area contributed by atoms with Gasteiger partial charge in [-0.2, -0.15) is 0 Å². The molecule has 2 rings (SSSR count). The molecule has 0 radical (unpaired) electrons. The first kappa shape index (κ1) is 14.0. The van der Waals surface area contributed by atoms with Gasteiger partial charge in [0.25, 0.3) is 0 Å². The van der Waals surface area contributed by atoms with E-state index in [2.05, 4.69) is 17.1 Å². The van der Waals surface area contributed by atoms with Crippen LogP contribution in [0.2, 0.25) is 0 Å². The summed E-state index contributed by atoms with van der Waals surface area (Å²) in [5, 5.41) is 3.43. The Bertz CT molecular complexity index is 389. The molecule has 1 aliphatic rings. The summed E-state index contributed by atoms with van der Waals surface area (Å²) < 4.78 is 5.63. The lowest BCUT2D eigenvalue weighted by molar-refractivity contribution is 0.317. The molecule has 0 amide bonds. The van der Waals surface area contributed by atoms with E-state index >= 15 is 0 Å². The van der Waals surface area contributed by atoms with Crippen LogP contribution in [-0.4, -0.2) is 37.7 Å². The average Bonchev–Trinajstić information content (AvgIpc) is 2.89. The molecule has 1 saturated heterocycles. The summed E-state index contributed by atoms with van der Waals surface area (Å²) in [6, 6.07) is 5.86. The first-order valence-electron chi connectivity index (χ1n) is 7.27. The average molecular weight is 263 g/mol. The van der Waals surface area contributed by atoms with Crippen LogP contribution in [0.25, 0.3) is 0 Å². The maximum absolute atomic E-state index is 5.89. The third-order valence-electron chi connectivity index (χ3n) is 3.36. The molecule has 1 aromatic rings. The predicted molar refractivity (Wildman–Crippen MR) is 80.8 cm³/mol.